The fourth-order valence-corrected chi connectivity index (χ4v) is 1.91. The monoisotopic (exact) mass is 210 g/mol. The summed E-state index contributed by atoms with van der Waals surface area (Å²) in [5, 5.41) is 9.26. The van der Waals surface area contributed by atoms with Crippen molar-refractivity contribution in [2.24, 2.45) is 5.92 Å². The fourth-order valence-electron chi connectivity index (χ4n) is 1.91. The number of aliphatic hydroxyl groups is 1. The molecular formula is C8H16BF3NO-. The lowest BCUT2D eigenvalue weighted by atomic mass is 9.87. The van der Waals surface area contributed by atoms with E-state index in [4.69, 9.17) is 0 Å². The topological polar surface area (TPSA) is 23.5 Å². The summed E-state index contributed by atoms with van der Waals surface area (Å²) >= 11 is 0. The van der Waals surface area contributed by atoms with Gasteiger partial charge in [0, 0.05) is 0 Å². The van der Waals surface area contributed by atoms with E-state index in [9.17, 15) is 18.1 Å². The normalized spacial score (nSPS) is 23.8. The van der Waals surface area contributed by atoms with E-state index >= 15 is 0 Å². The number of piperidine rings is 1. The molecule has 1 rings (SSSR count). The number of halogens is 3. The Morgan fingerprint density at radius 1 is 1.36 bits per heavy atom. The van der Waals surface area contributed by atoms with Gasteiger partial charge in [0.15, 0.2) is 0 Å². The second-order valence-corrected chi connectivity index (χ2v) is 4.09. The van der Waals surface area contributed by atoms with E-state index in [-0.39, 0.29) is 5.92 Å². The number of nitrogens with zero attached hydrogens (tertiary/aromatic N) is 1. The van der Waals surface area contributed by atoms with Crippen molar-refractivity contribution in [1.82, 2.24) is 4.90 Å². The van der Waals surface area contributed by atoms with Crippen LogP contribution in [0.3, 0.4) is 0 Å². The highest BCUT2D eigenvalue weighted by Gasteiger charge is 2.29. The molecule has 84 valence electrons. The van der Waals surface area contributed by atoms with E-state index in [1.165, 1.54) is 4.90 Å². The summed E-state index contributed by atoms with van der Waals surface area (Å²) in [6.45, 7) is -2.09. The Hall–Kier alpha value is -0.225. The van der Waals surface area contributed by atoms with Crippen LogP contribution in [-0.4, -0.2) is 42.6 Å². The van der Waals surface area contributed by atoms with E-state index < -0.39 is 19.5 Å². The number of likely N-dealkylation sites (tertiary alicyclic amines) is 1. The molecule has 2 nitrogen and oxygen atoms in total. The second-order valence-electron chi connectivity index (χ2n) is 4.09. The quantitative estimate of drug-likeness (QED) is 0.713. The Morgan fingerprint density at radius 3 is 2.21 bits per heavy atom. The molecule has 1 fully saturated rings. The van der Waals surface area contributed by atoms with Crippen LogP contribution < -0.4 is 0 Å². The Balaban J connectivity index is 2.29. The number of hydrogen-bond acceptors (Lipinski definition) is 2. The van der Waals surface area contributed by atoms with Crippen LogP contribution in [0.4, 0.5) is 12.9 Å². The average molecular weight is 210 g/mol. The molecular weight excluding hydrogens is 194 g/mol. The fraction of sp³-hybridized carbons (Fsp3) is 1.00. The molecule has 0 amide bonds. The van der Waals surface area contributed by atoms with Crippen molar-refractivity contribution in [2.45, 2.75) is 25.9 Å². The van der Waals surface area contributed by atoms with Gasteiger partial charge >= 0.3 is 6.98 Å². The minimum atomic E-state index is -4.70. The standard InChI is InChI=1S/C8H16BF3NO/c1-7(14)8-2-4-13(5-3-8)6-9(10,11)12/h7-8,14H,2-6H2,1H3/q-1. The third-order valence-electron chi connectivity index (χ3n) is 2.78. The number of rotatable bonds is 3. The van der Waals surface area contributed by atoms with E-state index in [2.05, 4.69) is 0 Å². The van der Waals surface area contributed by atoms with Gasteiger partial charge in [-0.25, -0.2) is 0 Å². The van der Waals surface area contributed by atoms with Crippen LogP contribution in [0.15, 0.2) is 0 Å². The molecule has 0 bridgehead atoms. The lowest BCUT2D eigenvalue weighted by Gasteiger charge is -2.35. The average Bonchev–Trinajstić information content (AvgIpc) is 2.02. The Labute approximate surface area is 82.1 Å². The van der Waals surface area contributed by atoms with Crippen LogP contribution in [0.5, 0.6) is 0 Å². The third kappa shape index (κ3) is 3.88. The summed E-state index contributed by atoms with van der Waals surface area (Å²) in [5.41, 5.74) is 0. The van der Waals surface area contributed by atoms with Gasteiger partial charge in [0.2, 0.25) is 0 Å². The van der Waals surface area contributed by atoms with Crippen LogP contribution >= 0.6 is 0 Å². The molecule has 1 unspecified atom stereocenters. The molecule has 0 aromatic heterocycles. The lowest BCUT2D eigenvalue weighted by Crippen LogP contribution is -2.44. The first-order valence-electron chi connectivity index (χ1n) is 5.00. The molecule has 1 aliphatic rings. The van der Waals surface area contributed by atoms with Crippen LogP contribution in [0.2, 0.25) is 0 Å². The molecule has 1 atom stereocenters. The predicted octanol–water partition coefficient (Wildman–Crippen LogP) is 1.47. The van der Waals surface area contributed by atoms with E-state index in [1.807, 2.05) is 0 Å². The summed E-state index contributed by atoms with van der Waals surface area (Å²) in [5.74, 6) is 0.173. The molecule has 0 aromatic rings. The maximum atomic E-state index is 12.1. The first kappa shape index (κ1) is 11.8. The van der Waals surface area contributed by atoms with E-state index in [1.54, 1.807) is 6.92 Å². The highest BCUT2D eigenvalue weighted by Crippen LogP contribution is 2.22. The molecule has 1 aliphatic heterocycles. The van der Waals surface area contributed by atoms with Crippen molar-refractivity contribution < 1.29 is 18.1 Å². The van der Waals surface area contributed by atoms with Gasteiger partial charge in [0.1, 0.15) is 0 Å². The van der Waals surface area contributed by atoms with Crippen LogP contribution in [0.25, 0.3) is 0 Å². The molecule has 0 aromatic carbocycles. The molecule has 0 saturated carbocycles. The van der Waals surface area contributed by atoms with Crippen LogP contribution in [0.1, 0.15) is 19.8 Å². The van der Waals surface area contributed by atoms with Gasteiger partial charge in [-0.3, -0.25) is 0 Å². The van der Waals surface area contributed by atoms with Crippen molar-refractivity contribution in [3.63, 3.8) is 0 Å². The largest absolute Gasteiger partial charge is 0.492 e. The maximum absolute atomic E-state index is 12.1. The molecule has 1 heterocycles. The lowest BCUT2D eigenvalue weighted by molar-refractivity contribution is 0.0748. The summed E-state index contributed by atoms with van der Waals surface area (Å²) in [6, 6.07) is 0. The van der Waals surface area contributed by atoms with Gasteiger partial charge in [0.05, 0.1) is 6.10 Å². The highest BCUT2D eigenvalue weighted by atomic mass is 19.4. The zero-order valence-corrected chi connectivity index (χ0v) is 8.30. The van der Waals surface area contributed by atoms with Crippen molar-refractivity contribution in [1.29, 1.82) is 0 Å². The summed E-state index contributed by atoms with van der Waals surface area (Å²) in [6.07, 6.45) is 0.189. The maximum Gasteiger partial charge on any atom is 0.492 e. The van der Waals surface area contributed by atoms with Gasteiger partial charge in [-0.1, -0.05) is 0 Å². The first-order valence-corrected chi connectivity index (χ1v) is 5.00. The zero-order valence-electron chi connectivity index (χ0n) is 8.30. The number of aliphatic hydroxyl groups excluding tert-OH is 1. The molecule has 0 aliphatic carbocycles. The van der Waals surface area contributed by atoms with Crippen molar-refractivity contribution in [3.05, 3.63) is 0 Å². The molecule has 0 spiro atoms. The van der Waals surface area contributed by atoms with Crippen LogP contribution in [-0.2, 0) is 0 Å². The molecule has 1 N–H and O–H groups in total. The van der Waals surface area contributed by atoms with Gasteiger partial charge < -0.3 is 23.0 Å². The van der Waals surface area contributed by atoms with Crippen LogP contribution in [0, 0.1) is 5.92 Å². The van der Waals surface area contributed by atoms with Gasteiger partial charge in [-0.2, -0.15) is 0 Å². The predicted molar refractivity (Wildman–Crippen MR) is 49.9 cm³/mol. The zero-order chi connectivity index (χ0) is 10.8. The van der Waals surface area contributed by atoms with E-state index in [0.29, 0.717) is 25.9 Å². The van der Waals surface area contributed by atoms with Gasteiger partial charge in [0.25, 0.3) is 0 Å². The molecule has 6 heteroatoms. The Bertz CT molecular complexity index is 178. The number of hydrogen-bond donors (Lipinski definition) is 1. The molecule has 14 heavy (non-hydrogen) atoms. The summed E-state index contributed by atoms with van der Waals surface area (Å²) < 4.78 is 36.2. The molecule has 0 radical (unpaired) electrons. The second kappa shape index (κ2) is 4.53. The van der Waals surface area contributed by atoms with Crippen molar-refractivity contribution in [2.75, 3.05) is 19.5 Å². The summed E-state index contributed by atoms with van der Waals surface area (Å²) in [7, 11) is 0. The molecule has 1 saturated heterocycles. The van der Waals surface area contributed by atoms with Gasteiger partial charge in [-0.05, 0) is 45.2 Å². The van der Waals surface area contributed by atoms with Crippen molar-refractivity contribution in [3.8, 4) is 0 Å². The van der Waals surface area contributed by atoms with E-state index in [0.717, 1.165) is 0 Å². The minimum Gasteiger partial charge on any atom is -0.448 e. The smallest absolute Gasteiger partial charge is 0.448 e. The Kier molecular flexibility index (Phi) is 3.83. The first-order chi connectivity index (χ1) is 6.38. The van der Waals surface area contributed by atoms with Crippen molar-refractivity contribution >= 4 is 6.98 Å². The SMILES string of the molecule is CC(O)C1CCN(C[B-](F)(F)F)CC1. The highest BCUT2D eigenvalue weighted by molar-refractivity contribution is 6.58. The minimum absolute atomic E-state index is 0.173. The third-order valence-corrected chi connectivity index (χ3v) is 2.78. The Morgan fingerprint density at radius 2 is 1.86 bits per heavy atom. The summed E-state index contributed by atoms with van der Waals surface area (Å²) in [4.78, 5) is 1.43. The van der Waals surface area contributed by atoms with Gasteiger partial charge in [-0.15, -0.1) is 0 Å².